The summed E-state index contributed by atoms with van der Waals surface area (Å²) in [6.07, 6.45) is 2.65. The largest absolute Gasteiger partial charge is 0.492 e. The molecule has 3 rings (SSSR count). The molecule has 31 heavy (non-hydrogen) atoms. The predicted octanol–water partition coefficient (Wildman–Crippen LogP) is 4.11. The lowest BCUT2D eigenvalue weighted by molar-refractivity contribution is -0.116. The summed E-state index contributed by atoms with van der Waals surface area (Å²) in [5, 5.41) is 5.71. The summed E-state index contributed by atoms with van der Waals surface area (Å²) in [5.74, 6) is 0.0373. The van der Waals surface area contributed by atoms with Gasteiger partial charge < -0.3 is 24.7 Å². The SMILES string of the molecule is CC(C)(C)OC(=O)NCC(=Cc1ccc2c(c1)CCC(=O)N2)B1OC(C)(C)C(C)(C)O1. The van der Waals surface area contributed by atoms with E-state index in [1.54, 1.807) is 0 Å². The normalized spacial score (nSPS) is 20.2. The van der Waals surface area contributed by atoms with Crippen molar-refractivity contribution >= 4 is 30.9 Å². The van der Waals surface area contributed by atoms with Crippen molar-refractivity contribution in [3.63, 3.8) is 0 Å². The molecule has 7 nitrogen and oxygen atoms in total. The van der Waals surface area contributed by atoms with Gasteiger partial charge in [-0.15, -0.1) is 0 Å². The van der Waals surface area contributed by atoms with Crippen LogP contribution in [0.25, 0.3) is 6.08 Å². The Bertz CT molecular complexity index is 886. The van der Waals surface area contributed by atoms with Gasteiger partial charge in [0.25, 0.3) is 0 Å². The Morgan fingerprint density at radius 1 is 1.19 bits per heavy atom. The van der Waals surface area contributed by atoms with E-state index in [1.165, 1.54) is 0 Å². The van der Waals surface area contributed by atoms with Gasteiger partial charge in [0.1, 0.15) is 5.60 Å². The van der Waals surface area contributed by atoms with E-state index in [-0.39, 0.29) is 12.5 Å². The first-order valence-electron chi connectivity index (χ1n) is 10.7. The lowest BCUT2D eigenvalue weighted by atomic mass is 9.77. The molecule has 0 aromatic heterocycles. The van der Waals surface area contributed by atoms with Gasteiger partial charge in [-0.2, -0.15) is 0 Å². The van der Waals surface area contributed by atoms with E-state index >= 15 is 0 Å². The van der Waals surface area contributed by atoms with Crippen LogP contribution in [-0.4, -0.2) is 42.5 Å². The molecule has 0 spiro atoms. The Labute approximate surface area is 185 Å². The second-order valence-electron chi connectivity index (χ2n) is 10.1. The van der Waals surface area contributed by atoms with Crippen molar-refractivity contribution in [1.82, 2.24) is 5.32 Å². The number of alkyl carbamates (subject to hydrolysis) is 1. The van der Waals surface area contributed by atoms with Crippen LogP contribution in [0.2, 0.25) is 0 Å². The van der Waals surface area contributed by atoms with Gasteiger partial charge >= 0.3 is 13.2 Å². The molecule has 2 heterocycles. The third-order valence-electron chi connectivity index (χ3n) is 5.77. The van der Waals surface area contributed by atoms with Crippen LogP contribution in [-0.2, 0) is 25.3 Å². The van der Waals surface area contributed by atoms with Crippen LogP contribution in [0.15, 0.2) is 23.7 Å². The van der Waals surface area contributed by atoms with E-state index in [0.717, 1.165) is 22.3 Å². The summed E-state index contributed by atoms with van der Waals surface area (Å²) >= 11 is 0. The number of nitrogens with one attached hydrogen (secondary N) is 2. The van der Waals surface area contributed by atoms with Gasteiger partial charge in [-0.05, 0) is 83.6 Å². The Hall–Kier alpha value is -2.32. The number of hydrogen-bond donors (Lipinski definition) is 2. The standard InChI is InChI=1S/C23H33BN2O5/c1-21(2,3)29-20(28)25-14-17(24-30-22(4,5)23(6,7)31-24)13-15-8-10-18-16(12-15)9-11-19(27)26-18/h8,10,12-13H,9,11,14H2,1-7H3,(H,25,28)(H,26,27). The van der Waals surface area contributed by atoms with Gasteiger partial charge in [0, 0.05) is 18.7 Å². The molecule has 1 fully saturated rings. The summed E-state index contributed by atoms with van der Waals surface area (Å²) in [6, 6.07) is 5.89. The van der Waals surface area contributed by atoms with Crippen molar-refractivity contribution in [2.24, 2.45) is 0 Å². The number of carbonyl (C=O) groups excluding carboxylic acids is 2. The minimum atomic E-state index is -0.601. The molecule has 0 atom stereocenters. The second kappa shape index (κ2) is 8.32. The van der Waals surface area contributed by atoms with Crippen molar-refractivity contribution < 1.29 is 23.6 Å². The number of carbonyl (C=O) groups is 2. The highest BCUT2D eigenvalue weighted by molar-refractivity contribution is 6.56. The van der Waals surface area contributed by atoms with Crippen LogP contribution in [0.1, 0.15) is 66.0 Å². The van der Waals surface area contributed by atoms with E-state index in [0.29, 0.717) is 12.8 Å². The smallest absolute Gasteiger partial charge is 0.444 e. The zero-order valence-corrected chi connectivity index (χ0v) is 19.5. The van der Waals surface area contributed by atoms with Crippen LogP contribution in [0.5, 0.6) is 0 Å². The second-order valence-corrected chi connectivity index (χ2v) is 10.1. The third kappa shape index (κ3) is 5.68. The topological polar surface area (TPSA) is 85.9 Å². The number of rotatable bonds is 4. The minimum Gasteiger partial charge on any atom is -0.444 e. The molecule has 1 aromatic carbocycles. The first-order valence-corrected chi connectivity index (χ1v) is 10.7. The number of ether oxygens (including phenoxy) is 1. The summed E-state index contributed by atoms with van der Waals surface area (Å²) in [4.78, 5) is 23.8. The molecule has 1 aromatic rings. The van der Waals surface area contributed by atoms with Crippen LogP contribution < -0.4 is 10.6 Å². The molecular weight excluding hydrogens is 395 g/mol. The highest BCUT2D eigenvalue weighted by Crippen LogP contribution is 2.39. The first kappa shape index (κ1) is 23.4. The average Bonchev–Trinajstić information content (AvgIpc) is 2.84. The lowest BCUT2D eigenvalue weighted by Gasteiger charge is -2.32. The molecule has 2 amide bonds. The van der Waals surface area contributed by atoms with Crippen LogP contribution in [0, 0.1) is 0 Å². The van der Waals surface area contributed by atoms with Gasteiger partial charge in [-0.1, -0.05) is 12.1 Å². The monoisotopic (exact) mass is 428 g/mol. The van der Waals surface area contributed by atoms with Crippen LogP contribution in [0.4, 0.5) is 10.5 Å². The molecule has 2 N–H and O–H groups in total. The van der Waals surface area contributed by atoms with Crippen molar-refractivity contribution in [2.45, 2.75) is 78.1 Å². The van der Waals surface area contributed by atoms with Gasteiger partial charge in [0.15, 0.2) is 0 Å². The van der Waals surface area contributed by atoms with Crippen molar-refractivity contribution in [2.75, 3.05) is 11.9 Å². The van der Waals surface area contributed by atoms with Gasteiger partial charge in [0.05, 0.1) is 11.2 Å². The first-order chi connectivity index (χ1) is 14.3. The van der Waals surface area contributed by atoms with Crippen LogP contribution >= 0.6 is 0 Å². The zero-order valence-electron chi connectivity index (χ0n) is 19.5. The van der Waals surface area contributed by atoms with Gasteiger partial charge in [0.2, 0.25) is 5.91 Å². The maximum Gasteiger partial charge on any atom is 0.492 e. The van der Waals surface area contributed by atoms with E-state index in [2.05, 4.69) is 10.6 Å². The molecule has 0 saturated carbocycles. The van der Waals surface area contributed by atoms with E-state index in [4.69, 9.17) is 14.0 Å². The van der Waals surface area contributed by atoms with Crippen molar-refractivity contribution in [3.05, 3.63) is 34.8 Å². The molecule has 168 valence electrons. The highest BCUT2D eigenvalue weighted by Gasteiger charge is 2.52. The lowest BCUT2D eigenvalue weighted by Crippen LogP contribution is -2.41. The average molecular weight is 428 g/mol. The summed E-state index contributed by atoms with van der Waals surface area (Å²) in [5.41, 5.74) is 2.08. The fraction of sp³-hybridized carbons (Fsp3) is 0.565. The van der Waals surface area contributed by atoms with Gasteiger partial charge in [-0.25, -0.2) is 4.79 Å². The summed E-state index contributed by atoms with van der Waals surface area (Å²) in [6.45, 7) is 13.7. The molecule has 0 bridgehead atoms. The fourth-order valence-electron chi connectivity index (χ4n) is 3.39. The Kier molecular flexibility index (Phi) is 6.26. The molecule has 0 aliphatic carbocycles. The van der Waals surface area contributed by atoms with Crippen molar-refractivity contribution in [1.29, 1.82) is 0 Å². The third-order valence-corrected chi connectivity index (χ3v) is 5.77. The molecular formula is C23H33BN2O5. The Balaban J connectivity index is 1.85. The number of aryl methyl sites for hydroxylation is 1. The summed E-state index contributed by atoms with van der Waals surface area (Å²) < 4.78 is 17.8. The van der Waals surface area contributed by atoms with E-state index in [9.17, 15) is 9.59 Å². The molecule has 2 aliphatic heterocycles. The maximum absolute atomic E-state index is 12.2. The van der Waals surface area contributed by atoms with Crippen LogP contribution in [0.3, 0.4) is 0 Å². The molecule has 0 unspecified atom stereocenters. The van der Waals surface area contributed by atoms with E-state index in [1.807, 2.05) is 72.7 Å². The molecule has 2 aliphatic rings. The number of fused-ring (bicyclic) bond motifs is 1. The highest BCUT2D eigenvalue weighted by atomic mass is 16.7. The van der Waals surface area contributed by atoms with Gasteiger partial charge in [-0.3, -0.25) is 4.79 Å². The Morgan fingerprint density at radius 2 is 1.84 bits per heavy atom. The fourth-order valence-corrected chi connectivity index (χ4v) is 3.39. The van der Waals surface area contributed by atoms with E-state index < -0.39 is 30.0 Å². The zero-order chi connectivity index (χ0) is 23.0. The number of amides is 2. The maximum atomic E-state index is 12.2. The quantitative estimate of drug-likeness (QED) is 0.705. The molecule has 8 heteroatoms. The van der Waals surface area contributed by atoms with Crippen molar-refractivity contribution in [3.8, 4) is 0 Å². The number of benzene rings is 1. The number of anilines is 1. The molecule has 0 radical (unpaired) electrons. The Morgan fingerprint density at radius 3 is 2.45 bits per heavy atom. The predicted molar refractivity (Wildman–Crippen MR) is 122 cm³/mol. The minimum absolute atomic E-state index is 0.0373. The number of hydrogen-bond acceptors (Lipinski definition) is 5. The molecule has 1 saturated heterocycles. The summed E-state index contributed by atoms with van der Waals surface area (Å²) in [7, 11) is -0.601.